The molecule has 0 unspecified atom stereocenters. The van der Waals surface area contributed by atoms with Gasteiger partial charge in [0.05, 0.1) is 54.7 Å². The van der Waals surface area contributed by atoms with Gasteiger partial charge in [0, 0.05) is 60.9 Å². The summed E-state index contributed by atoms with van der Waals surface area (Å²) in [6, 6.07) is 19.3. The zero-order chi connectivity index (χ0) is 47.6. The van der Waals surface area contributed by atoms with Crippen LogP contribution >= 0.6 is 0 Å². The van der Waals surface area contributed by atoms with Crippen molar-refractivity contribution in [2.24, 2.45) is 23.7 Å². The number of sulfone groups is 2. The summed E-state index contributed by atoms with van der Waals surface area (Å²) < 4.78 is 65.9. The second kappa shape index (κ2) is 24.1. The third-order valence-electron chi connectivity index (χ3n) is 12.6. The van der Waals surface area contributed by atoms with Crippen molar-refractivity contribution in [3.8, 4) is 23.1 Å². The second-order valence-corrected chi connectivity index (χ2v) is 22.3. The molecule has 8 rings (SSSR count). The third-order valence-corrected chi connectivity index (χ3v) is 14.7. The Morgan fingerprint density at radius 1 is 0.647 bits per heavy atom. The molecule has 1 N–H and O–H groups in total. The van der Waals surface area contributed by atoms with E-state index in [-0.39, 0.29) is 60.3 Å². The molecule has 0 amide bonds. The van der Waals surface area contributed by atoms with Crippen LogP contribution in [0.1, 0.15) is 77.3 Å². The third kappa shape index (κ3) is 14.6. The first-order valence-electron chi connectivity index (χ1n) is 22.9. The van der Waals surface area contributed by atoms with Gasteiger partial charge in [0.15, 0.2) is 0 Å². The van der Waals surface area contributed by atoms with Crippen LogP contribution in [0.4, 0.5) is 0 Å². The number of carboxylic acid groups (broad SMARTS) is 1. The summed E-state index contributed by atoms with van der Waals surface area (Å²) in [4.78, 5) is 41.5. The van der Waals surface area contributed by atoms with E-state index in [1.165, 1.54) is 19.6 Å². The molecular weight excluding hydrogens is 920 g/mol. The summed E-state index contributed by atoms with van der Waals surface area (Å²) >= 11 is 0. The van der Waals surface area contributed by atoms with Crippen molar-refractivity contribution in [2.45, 2.75) is 77.0 Å². The standard InChI is InChI=1S/C25H31N3O5S.C24H29N3O5S.Na.H/c1-32-25(29)19-9-7-18(8-10-19)17-23-26-13-11-24(27-23)28-14-12-20-21(28)5-3-6-22(20)33-15-4-16-34(2,30)31;1-33(30,31)15-3-14-32-21-5-2-4-20-19(21)11-13-27(20)23-10-12-25-22(26-23)16-17-6-8-18(9-7-17)24(28)29;;/h3,5-6,11-14,18-19H,4,7-10,15-17H2,1-2H3;2,4-5,10-13,17-18H,3,6-9,14-16H2,1H3,(H,28,29);;/q;;+1;-1. The van der Waals surface area contributed by atoms with Gasteiger partial charge in [0.1, 0.15) is 54.5 Å². The Balaban J connectivity index is 0.000000250. The minimum Gasteiger partial charge on any atom is -1.00 e. The minimum atomic E-state index is -3.00. The van der Waals surface area contributed by atoms with Crippen LogP contribution in [0.25, 0.3) is 33.4 Å². The van der Waals surface area contributed by atoms with E-state index in [4.69, 9.17) is 24.2 Å². The smallest absolute Gasteiger partial charge is 1.00 e. The van der Waals surface area contributed by atoms with Gasteiger partial charge in [-0.3, -0.25) is 9.59 Å². The van der Waals surface area contributed by atoms with Crippen LogP contribution in [0.3, 0.4) is 0 Å². The van der Waals surface area contributed by atoms with Crippen molar-refractivity contribution in [3.63, 3.8) is 0 Å². The number of carbonyl (C=O) groups is 2. The molecule has 2 fully saturated rings. The van der Waals surface area contributed by atoms with E-state index in [9.17, 15) is 31.5 Å². The normalized spacial score (nSPS) is 18.5. The van der Waals surface area contributed by atoms with E-state index in [0.29, 0.717) is 43.6 Å². The number of methoxy groups -OCH3 is 1. The first kappa shape index (κ1) is 52.5. The van der Waals surface area contributed by atoms with E-state index < -0.39 is 25.6 Å². The zero-order valence-electron chi connectivity index (χ0n) is 40.3. The Bertz CT molecular complexity index is 2880. The van der Waals surface area contributed by atoms with Gasteiger partial charge in [-0.15, -0.1) is 0 Å². The van der Waals surface area contributed by atoms with E-state index in [2.05, 4.69) is 9.97 Å². The number of fused-ring (bicyclic) bond motifs is 2. The van der Waals surface area contributed by atoms with Gasteiger partial charge in [0.2, 0.25) is 0 Å². The Labute approximate surface area is 421 Å². The van der Waals surface area contributed by atoms with Crippen molar-refractivity contribution in [1.82, 2.24) is 29.1 Å². The van der Waals surface area contributed by atoms with Crippen LogP contribution in [-0.4, -0.2) is 107 Å². The molecule has 2 aromatic carbocycles. The molecule has 0 bridgehead atoms. The maximum atomic E-state index is 11.8. The summed E-state index contributed by atoms with van der Waals surface area (Å²) in [6.07, 6.45) is 19.2. The molecule has 0 radical (unpaired) electrons. The first-order valence-corrected chi connectivity index (χ1v) is 27.0. The largest absolute Gasteiger partial charge is 1.00 e. The van der Waals surface area contributed by atoms with Gasteiger partial charge in [-0.05, 0) is 125 Å². The predicted molar refractivity (Wildman–Crippen MR) is 256 cm³/mol. The maximum Gasteiger partial charge on any atom is 1.00 e. The summed E-state index contributed by atoms with van der Waals surface area (Å²) in [5.41, 5.74) is 1.91. The van der Waals surface area contributed by atoms with Crippen molar-refractivity contribution < 1.29 is 76.7 Å². The van der Waals surface area contributed by atoms with Crippen molar-refractivity contribution in [1.29, 1.82) is 0 Å². The number of hydrogen-bond acceptors (Lipinski definition) is 13. The monoisotopic (exact) mass is 980 g/mol. The molecule has 16 nitrogen and oxygen atoms in total. The molecule has 2 aliphatic rings. The Morgan fingerprint density at radius 3 is 1.47 bits per heavy atom. The number of carbonyl (C=O) groups excluding carboxylic acids is 1. The number of benzene rings is 2. The Hall–Kier alpha value is -4.88. The summed E-state index contributed by atoms with van der Waals surface area (Å²) in [7, 11) is -4.54. The predicted octanol–water partition coefficient (Wildman–Crippen LogP) is 4.54. The number of aliphatic carboxylic acids is 1. The van der Waals surface area contributed by atoms with Crippen molar-refractivity contribution in [3.05, 3.63) is 97.1 Å². The molecule has 2 aliphatic carbocycles. The fraction of sp³-hybridized carbons (Fsp3) is 0.469. The molecule has 0 saturated heterocycles. The van der Waals surface area contributed by atoms with Gasteiger partial charge < -0.3 is 29.9 Å². The number of carboxylic acids is 1. The average Bonchev–Trinajstić information content (AvgIpc) is 3.95. The molecule has 0 spiro atoms. The second-order valence-electron chi connectivity index (χ2n) is 17.8. The Morgan fingerprint density at radius 2 is 1.07 bits per heavy atom. The fourth-order valence-corrected chi connectivity index (χ4v) is 10.4. The van der Waals surface area contributed by atoms with Gasteiger partial charge in [0.25, 0.3) is 0 Å². The average molecular weight is 981 g/mol. The van der Waals surface area contributed by atoms with Crippen molar-refractivity contribution in [2.75, 3.05) is 44.3 Å². The first-order chi connectivity index (χ1) is 32.1. The number of nitrogens with zero attached hydrogens (tertiary/aromatic N) is 6. The molecule has 6 aromatic rings. The van der Waals surface area contributed by atoms with Crippen LogP contribution in [0, 0.1) is 23.7 Å². The molecule has 19 heteroatoms. The number of aromatic nitrogens is 6. The molecule has 360 valence electrons. The fourth-order valence-electron chi connectivity index (χ4n) is 9.08. The van der Waals surface area contributed by atoms with E-state index in [0.717, 1.165) is 115 Å². The molecule has 4 heterocycles. The molecular formula is C49H61N6NaO10S2. The Kier molecular flexibility index (Phi) is 18.6. The van der Waals surface area contributed by atoms with Gasteiger partial charge >= 0.3 is 41.5 Å². The number of ether oxygens (including phenoxy) is 3. The molecule has 4 aromatic heterocycles. The SMILES string of the molecule is COC(=O)C1CCC(Cc2nccc(-n3ccc4c(OCCCS(C)(=O)=O)cccc43)n2)CC1.CS(=O)(=O)CCCOc1cccc2c1ccn2-c1ccnc(CC2CCC(C(=O)O)CC2)n1.[H-].[Na+]. The maximum absolute atomic E-state index is 11.8. The minimum absolute atomic E-state index is 0. The molecule has 2 saturated carbocycles. The summed E-state index contributed by atoms with van der Waals surface area (Å²) in [5, 5.41) is 11.1. The van der Waals surface area contributed by atoms with Crippen molar-refractivity contribution >= 4 is 53.4 Å². The van der Waals surface area contributed by atoms with E-state index in [1.54, 1.807) is 12.4 Å². The van der Waals surface area contributed by atoms with Gasteiger partial charge in [-0.1, -0.05) is 12.1 Å². The number of rotatable bonds is 18. The number of esters is 1. The van der Waals surface area contributed by atoms with Crippen LogP contribution in [0.5, 0.6) is 11.5 Å². The summed E-state index contributed by atoms with van der Waals surface area (Å²) in [6.45, 7) is 0.673. The molecule has 68 heavy (non-hydrogen) atoms. The van der Waals surface area contributed by atoms with Crippen LogP contribution in [0.2, 0.25) is 0 Å². The zero-order valence-corrected chi connectivity index (χ0v) is 43.0. The van der Waals surface area contributed by atoms with E-state index in [1.807, 2.05) is 82.2 Å². The van der Waals surface area contributed by atoms with Gasteiger partial charge in [-0.25, -0.2) is 36.8 Å². The van der Waals surface area contributed by atoms with Gasteiger partial charge in [-0.2, -0.15) is 0 Å². The molecule has 0 atom stereocenters. The summed E-state index contributed by atoms with van der Waals surface area (Å²) in [5.74, 6) is 4.64. The van der Waals surface area contributed by atoms with Crippen LogP contribution in [-0.2, 0) is 46.8 Å². The van der Waals surface area contributed by atoms with E-state index >= 15 is 0 Å². The van der Waals surface area contributed by atoms with Crippen LogP contribution < -0.4 is 39.0 Å². The number of hydrogen-bond donors (Lipinski definition) is 1. The topological polar surface area (TPSA) is 212 Å². The van der Waals surface area contributed by atoms with Crippen LogP contribution in [0.15, 0.2) is 85.5 Å². The quantitative estimate of drug-likeness (QED) is 0.0712. The molecule has 0 aliphatic heterocycles.